The SMILES string of the molecule is COC(=O)c1csc2c(-c3cc(Cl)ccc3C#CCn3c(C)nc4c(c3=O)C[C@](C)(CN3CCC[C@]5(C3)NC5(F)F)CC4)cc(C)nc12. The average molecular weight is 692 g/mol. The van der Waals surface area contributed by atoms with Crippen LogP contribution in [0.5, 0.6) is 0 Å². The first kappa shape index (κ1) is 32.8. The minimum Gasteiger partial charge on any atom is -0.465 e. The van der Waals surface area contributed by atoms with Gasteiger partial charge in [-0.15, -0.1) is 11.3 Å². The number of hydrogen-bond donors (Lipinski definition) is 1. The number of aromatic nitrogens is 3. The van der Waals surface area contributed by atoms with E-state index in [1.54, 1.807) is 16.0 Å². The Hall–Kier alpha value is -3.69. The van der Waals surface area contributed by atoms with Crippen molar-refractivity contribution in [1.29, 1.82) is 0 Å². The predicted octanol–water partition coefficient (Wildman–Crippen LogP) is 6.15. The standard InChI is InChI=1S/C36H36ClF2N5O3S/c1-21-15-26(31-30(40-21)28(18-48-31)33(46)47-4)25-16-24(37)9-8-23(25)7-5-14-44-22(2)41-29-10-12-34(3,17-27(29)32(44)45)19-43-13-6-11-35(20-43)36(38,39)42-35/h8-9,15-16,18,42H,6,10-14,17,19-20H2,1-4H3/t34-,35-/m1/s1. The van der Waals surface area contributed by atoms with Gasteiger partial charge >= 0.3 is 12.0 Å². The maximum Gasteiger partial charge on any atom is 0.340 e. The Kier molecular flexibility index (Phi) is 8.22. The zero-order valence-electron chi connectivity index (χ0n) is 27.3. The molecule has 2 atom stereocenters. The molecule has 8 nitrogen and oxygen atoms in total. The van der Waals surface area contributed by atoms with Crippen molar-refractivity contribution in [3.63, 3.8) is 0 Å². The minimum atomic E-state index is -2.80. The Morgan fingerprint density at radius 1 is 1.19 bits per heavy atom. The monoisotopic (exact) mass is 691 g/mol. The van der Waals surface area contributed by atoms with E-state index in [0.29, 0.717) is 59.8 Å². The summed E-state index contributed by atoms with van der Waals surface area (Å²) in [6.07, 6.45) is 3.28. The number of likely N-dealkylation sites (tertiary alicyclic amines) is 1. The van der Waals surface area contributed by atoms with Crippen molar-refractivity contribution in [3.8, 4) is 23.0 Å². The van der Waals surface area contributed by atoms with Crippen molar-refractivity contribution in [1.82, 2.24) is 24.8 Å². The molecule has 5 heterocycles. The quantitative estimate of drug-likeness (QED) is 0.116. The Balaban J connectivity index is 1.16. The molecular weight excluding hydrogens is 656 g/mol. The van der Waals surface area contributed by atoms with Crippen LogP contribution in [0.2, 0.25) is 5.02 Å². The number of halogens is 3. The molecule has 1 spiro atoms. The van der Waals surface area contributed by atoms with Crippen LogP contribution in [0.3, 0.4) is 0 Å². The molecule has 0 unspecified atom stereocenters. The van der Waals surface area contributed by atoms with Crippen LogP contribution in [0.4, 0.5) is 8.78 Å². The fourth-order valence-electron chi connectivity index (χ4n) is 7.50. The maximum absolute atomic E-state index is 14.1. The predicted molar refractivity (Wildman–Crippen MR) is 183 cm³/mol. The van der Waals surface area contributed by atoms with Crippen LogP contribution >= 0.6 is 22.9 Å². The number of rotatable bonds is 5. The van der Waals surface area contributed by atoms with Crippen LogP contribution in [-0.2, 0) is 24.1 Å². The Morgan fingerprint density at radius 2 is 1.98 bits per heavy atom. The lowest BCUT2D eigenvalue weighted by atomic mass is 9.73. The largest absolute Gasteiger partial charge is 0.465 e. The van der Waals surface area contributed by atoms with Gasteiger partial charge in [0.15, 0.2) is 0 Å². The van der Waals surface area contributed by atoms with Crippen LogP contribution in [0, 0.1) is 31.1 Å². The van der Waals surface area contributed by atoms with Gasteiger partial charge in [0.25, 0.3) is 5.56 Å². The second kappa shape index (κ2) is 12.0. The highest BCUT2D eigenvalue weighted by Crippen LogP contribution is 2.48. The van der Waals surface area contributed by atoms with Crippen molar-refractivity contribution in [2.24, 2.45) is 5.41 Å². The molecule has 1 aliphatic carbocycles. The molecule has 0 amide bonds. The molecule has 1 aromatic carbocycles. The summed E-state index contributed by atoms with van der Waals surface area (Å²) in [6, 6.07) is 4.63. The number of methoxy groups -OCH3 is 1. The fraction of sp³-hybridized carbons (Fsp3) is 0.444. The highest BCUT2D eigenvalue weighted by molar-refractivity contribution is 7.18. The lowest BCUT2D eigenvalue weighted by Crippen LogP contribution is -2.49. The lowest BCUT2D eigenvalue weighted by molar-refractivity contribution is 0.0422. The number of thiophene rings is 1. The number of carbonyl (C=O) groups is 1. The van der Waals surface area contributed by atoms with E-state index in [4.69, 9.17) is 21.3 Å². The molecular formula is C36H36ClF2N5O3S. The average Bonchev–Trinajstić information content (AvgIpc) is 3.32. The number of ether oxygens (including phenoxy) is 1. The number of aryl methyl sites for hydroxylation is 3. The van der Waals surface area contributed by atoms with Gasteiger partial charge in [-0.3, -0.25) is 14.3 Å². The van der Waals surface area contributed by atoms with Crippen molar-refractivity contribution >= 4 is 39.1 Å². The van der Waals surface area contributed by atoms with E-state index in [1.165, 1.54) is 18.4 Å². The summed E-state index contributed by atoms with van der Waals surface area (Å²) < 4.78 is 35.6. The number of piperidine rings is 1. The van der Waals surface area contributed by atoms with Crippen LogP contribution in [-0.4, -0.2) is 63.7 Å². The summed E-state index contributed by atoms with van der Waals surface area (Å²) in [6.45, 7) is 7.76. The lowest BCUT2D eigenvalue weighted by Gasteiger charge is -2.41. The number of benzene rings is 1. The highest BCUT2D eigenvalue weighted by atomic mass is 35.5. The second-order valence-electron chi connectivity index (χ2n) is 13.7. The number of hydrogen-bond acceptors (Lipinski definition) is 8. The number of nitrogens with zero attached hydrogens (tertiary/aromatic N) is 4. The van der Waals surface area contributed by atoms with Crippen molar-refractivity contribution in [3.05, 3.63) is 78.9 Å². The topological polar surface area (TPSA) is 99.3 Å². The number of nitrogens with one attached hydrogen (secondary N) is 1. The first-order valence-electron chi connectivity index (χ1n) is 16.1. The van der Waals surface area contributed by atoms with Gasteiger partial charge in [0.2, 0.25) is 0 Å². The first-order valence-corrected chi connectivity index (χ1v) is 17.3. The molecule has 0 bridgehead atoms. The van der Waals surface area contributed by atoms with Gasteiger partial charge in [0.1, 0.15) is 11.4 Å². The Morgan fingerprint density at radius 3 is 2.73 bits per heavy atom. The Bertz CT molecular complexity index is 2100. The number of alkyl halides is 2. The van der Waals surface area contributed by atoms with E-state index in [2.05, 4.69) is 34.0 Å². The van der Waals surface area contributed by atoms with Gasteiger partial charge in [-0.2, -0.15) is 8.78 Å². The van der Waals surface area contributed by atoms with Gasteiger partial charge < -0.3 is 9.64 Å². The smallest absolute Gasteiger partial charge is 0.340 e. The molecule has 1 N–H and O–H groups in total. The molecule has 3 aromatic heterocycles. The molecule has 2 saturated heterocycles. The van der Waals surface area contributed by atoms with Crippen LogP contribution in [0.25, 0.3) is 21.3 Å². The second-order valence-corrected chi connectivity index (χ2v) is 15.0. The van der Waals surface area contributed by atoms with E-state index >= 15 is 0 Å². The number of pyridine rings is 1. The van der Waals surface area contributed by atoms with Gasteiger partial charge in [-0.05, 0) is 82.2 Å². The summed E-state index contributed by atoms with van der Waals surface area (Å²) in [5.41, 5.74) is 4.18. The normalized spacial score (nSPS) is 23.1. The molecule has 0 saturated carbocycles. The third kappa shape index (κ3) is 5.83. The number of esters is 1. The van der Waals surface area contributed by atoms with Crippen LogP contribution in [0.1, 0.15) is 64.9 Å². The molecule has 4 aromatic rings. The zero-order valence-corrected chi connectivity index (χ0v) is 28.9. The summed E-state index contributed by atoms with van der Waals surface area (Å²) in [7, 11) is 1.35. The zero-order chi connectivity index (χ0) is 34.0. The van der Waals surface area contributed by atoms with Gasteiger partial charge in [0, 0.05) is 51.4 Å². The van der Waals surface area contributed by atoms with Gasteiger partial charge in [0.05, 0.1) is 35.1 Å². The summed E-state index contributed by atoms with van der Waals surface area (Å²) >= 11 is 7.87. The van der Waals surface area contributed by atoms with E-state index in [9.17, 15) is 18.4 Å². The fourth-order valence-corrected chi connectivity index (χ4v) is 8.68. The molecule has 3 aliphatic rings. The minimum absolute atomic E-state index is 0.0973. The highest BCUT2D eigenvalue weighted by Gasteiger charge is 2.71. The van der Waals surface area contributed by atoms with Crippen LogP contribution < -0.4 is 10.9 Å². The molecule has 250 valence electrons. The van der Waals surface area contributed by atoms with Crippen molar-refractivity contribution < 1.29 is 18.3 Å². The molecule has 2 fully saturated rings. The molecule has 0 radical (unpaired) electrons. The van der Waals surface area contributed by atoms with Crippen molar-refractivity contribution in [2.75, 3.05) is 26.7 Å². The summed E-state index contributed by atoms with van der Waals surface area (Å²) in [5, 5.41) is 4.72. The number of carbonyl (C=O) groups excluding carboxylic acids is 1. The Labute approximate surface area is 286 Å². The van der Waals surface area contributed by atoms with E-state index in [0.717, 1.165) is 52.2 Å². The molecule has 12 heteroatoms. The number of fused-ring (bicyclic) bond motifs is 2. The third-order valence-corrected chi connectivity index (χ3v) is 11.2. The van der Waals surface area contributed by atoms with E-state index in [1.807, 2.05) is 32.0 Å². The summed E-state index contributed by atoms with van der Waals surface area (Å²) in [5.74, 6) is 6.62. The maximum atomic E-state index is 14.1. The molecule has 7 rings (SSSR count). The van der Waals surface area contributed by atoms with Gasteiger partial charge in [-0.25, -0.2) is 15.1 Å². The van der Waals surface area contributed by atoms with Crippen LogP contribution in [0.15, 0.2) is 34.4 Å². The molecule has 2 aliphatic heterocycles. The van der Waals surface area contributed by atoms with Crippen molar-refractivity contribution in [2.45, 2.75) is 71.0 Å². The first-order chi connectivity index (χ1) is 22.8. The van der Waals surface area contributed by atoms with E-state index in [-0.39, 0.29) is 17.5 Å². The third-order valence-electron chi connectivity index (χ3n) is 10.0. The molecule has 48 heavy (non-hydrogen) atoms. The van der Waals surface area contributed by atoms with E-state index < -0.39 is 17.6 Å². The summed E-state index contributed by atoms with van der Waals surface area (Å²) in [4.78, 5) is 37.9. The van der Waals surface area contributed by atoms with Gasteiger partial charge in [-0.1, -0.05) is 30.4 Å².